The smallest absolute Gasteiger partial charge is 0.00916 e. The topological polar surface area (TPSA) is 0 Å². The molecule has 0 radical (unpaired) electrons. The Bertz CT molecular complexity index is 373. The van der Waals surface area contributed by atoms with E-state index in [2.05, 4.69) is 32.6 Å². The van der Waals surface area contributed by atoms with Crippen LogP contribution >= 0.6 is 0 Å². The van der Waals surface area contributed by atoms with E-state index in [1.54, 1.807) is 11.1 Å². The van der Waals surface area contributed by atoms with E-state index in [0.717, 1.165) is 5.92 Å². The summed E-state index contributed by atoms with van der Waals surface area (Å²) >= 11 is 0. The summed E-state index contributed by atoms with van der Waals surface area (Å²) in [4.78, 5) is 0. The fourth-order valence-corrected chi connectivity index (χ4v) is 2.20. The minimum atomic E-state index is 0.859. The molecule has 0 aromatic rings. The highest BCUT2D eigenvalue weighted by Gasteiger charge is 2.30. The average Bonchev–Trinajstić information content (AvgIpc) is 3.14. The van der Waals surface area contributed by atoms with E-state index < -0.39 is 0 Å². The molecule has 0 aromatic carbocycles. The first-order valence-corrected chi connectivity index (χ1v) is 6.49. The fraction of sp³-hybridized carbons (Fsp3) is 0.500. The summed E-state index contributed by atoms with van der Waals surface area (Å²) in [5.74, 6) is 0.859. The van der Waals surface area contributed by atoms with Crippen molar-refractivity contribution in [2.24, 2.45) is 5.92 Å². The lowest BCUT2D eigenvalue weighted by Crippen LogP contribution is -1.88. The molecule has 0 aromatic heterocycles. The summed E-state index contributed by atoms with van der Waals surface area (Å²) in [5.41, 5.74) is 6.03. The zero-order chi connectivity index (χ0) is 11.5. The molecule has 0 saturated heterocycles. The maximum absolute atomic E-state index is 3.95. The van der Waals surface area contributed by atoms with Crippen LogP contribution in [0.25, 0.3) is 0 Å². The van der Waals surface area contributed by atoms with Crippen LogP contribution in [0.2, 0.25) is 0 Å². The summed E-state index contributed by atoms with van der Waals surface area (Å²) in [6.45, 7) is 8.43. The molecule has 0 aliphatic heterocycles. The molecule has 0 N–H and O–H groups in total. The lowest BCUT2D eigenvalue weighted by Gasteiger charge is -2.06. The van der Waals surface area contributed by atoms with Crippen molar-refractivity contribution in [3.63, 3.8) is 0 Å². The Kier molecular flexibility index (Phi) is 3.48. The Labute approximate surface area is 99.4 Å². The molecular formula is C16H22. The summed E-state index contributed by atoms with van der Waals surface area (Å²) in [6, 6.07) is 0. The molecule has 1 fully saturated rings. The van der Waals surface area contributed by atoms with E-state index in [1.165, 1.54) is 43.3 Å². The van der Waals surface area contributed by atoms with Gasteiger partial charge in [-0.05, 0) is 55.2 Å². The second kappa shape index (κ2) is 4.86. The Hall–Kier alpha value is -1.04. The molecule has 0 bridgehead atoms. The molecule has 0 atom stereocenters. The minimum Gasteiger partial charge on any atom is -0.0985 e. The highest BCUT2D eigenvalue weighted by molar-refractivity contribution is 5.51. The highest BCUT2D eigenvalue weighted by atomic mass is 14.3. The summed E-state index contributed by atoms with van der Waals surface area (Å²) in [5, 5.41) is 0. The number of hydrogen-bond acceptors (Lipinski definition) is 0. The molecule has 0 heterocycles. The first kappa shape index (κ1) is 11.4. The first-order chi connectivity index (χ1) is 7.76. The number of allylic oxidation sites excluding steroid dienone is 7. The van der Waals surface area contributed by atoms with Gasteiger partial charge in [-0.15, -0.1) is 0 Å². The van der Waals surface area contributed by atoms with Gasteiger partial charge in [0.1, 0.15) is 0 Å². The Morgan fingerprint density at radius 2 is 2.19 bits per heavy atom. The summed E-state index contributed by atoms with van der Waals surface area (Å²) in [6.07, 6.45) is 13.2. The van der Waals surface area contributed by atoms with Crippen molar-refractivity contribution < 1.29 is 0 Å². The lowest BCUT2D eigenvalue weighted by atomic mass is 9.99. The molecule has 0 unspecified atom stereocenters. The zero-order valence-electron chi connectivity index (χ0n) is 10.6. The standard InChI is InChI=1S/C16H22/c1-4-6-12(3)13(5-2)11-16(14-7-8-14)15-9-10-15/h5,7,11,15H,2,4,6,8-10H2,1,3H3. The predicted octanol–water partition coefficient (Wildman–Crippen LogP) is 4.96. The second-order valence-corrected chi connectivity index (χ2v) is 5.00. The van der Waals surface area contributed by atoms with Crippen molar-refractivity contribution in [3.05, 3.63) is 47.1 Å². The van der Waals surface area contributed by atoms with Crippen LogP contribution in [-0.2, 0) is 0 Å². The number of rotatable bonds is 6. The Morgan fingerprint density at radius 3 is 2.62 bits per heavy atom. The van der Waals surface area contributed by atoms with Gasteiger partial charge in [-0.2, -0.15) is 0 Å². The molecule has 0 spiro atoms. The van der Waals surface area contributed by atoms with Gasteiger partial charge in [0.15, 0.2) is 0 Å². The fourth-order valence-electron chi connectivity index (χ4n) is 2.20. The van der Waals surface area contributed by atoms with E-state index in [-0.39, 0.29) is 0 Å². The third-order valence-electron chi connectivity index (χ3n) is 3.44. The van der Waals surface area contributed by atoms with Crippen LogP contribution in [0.3, 0.4) is 0 Å². The zero-order valence-corrected chi connectivity index (χ0v) is 10.6. The first-order valence-electron chi connectivity index (χ1n) is 6.49. The number of hydrogen-bond donors (Lipinski definition) is 0. The van der Waals surface area contributed by atoms with Crippen molar-refractivity contribution in [2.75, 3.05) is 0 Å². The van der Waals surface area contributed by atoms with Gasteiger partial charge in [0.05, 0.1) is 0 Å². The summed E-state index contributed by atoms with van der Waals surface area (Å²) < 4.78 is 0. The molecule has 16 heavy (non-hydrogen) atoms. The van der Waals surface area contributed by atoms with Crippen molar-refractivity contribution in [1.82, 2.24) is 0 Å². The van der Waals surface area contributed by atoms with Crippen LogP contribution in [0, 0.1) is 5.92 Å². The maximum atomic E-state index is 3.95. The van der Waals surface area contributed by atoms with Crippen molar-refractivity contribution in [2.45, 2.75) is 46.0 Å². The summed E-state index contributed by atoms with van der Waals surface area (Å²) in [7, 11) is 0. The minimum absolute atomic E-state index is 0.859. The molecular weight excluding hydrogens is 192 g/mol. The highest BCUT2D eigenvalue weighted by Crippen LogP contribution is 2.45. The molecule has 2 rings (SSSR count). The van der Waals surface area contributed by atoms with Gasteiger partial charge in [-0.25, -0.2) is 0 Å². The van der Waals surface area contributed by atoms with Crippen LogP contribution in [0.5, 0.6) is 0 Å². The van der Waals surface area contributed by atoms with Crippen LogP contribution in [0.15, 0.2) is 47.1 Å². The quantitative estimate of drug-likeness (QED) is 0.548. The largest absolute Gasteiger partial charge is 0.0985 e. The average molecular weight is 214 g/mol. The van der Waals surface area contributed by atoms with Crippen LogP contribution in [0.1, 0.15) is 46.0 Å². The van der Waals surface area contributed by atoms with E-state index in [9.17, 15) is 0 Å². The Morgan fingerprint density at radius 1 is 1.50 bits per heavy atom. The molecule has 0 heteroatoms. The molecule has 86 valence electrons. The predicted molar refractivity (Wildman–Crippen MR) is 71.3 cm³/mol. The molecule has 2 aliphatic rings. The normalized spacial score (nSPS) is 21.4. The van der Waals surface area contributed by atoms with Gasteiger partial charge in [0.25, 0.3) is 0 Å². The molecule has 0 amide bonds. The SMILES string of the molecule is C=CC(C=C(C1=CC1)C1CC1)=C(C)CCC. The van der Waals surface area contributed by atoms with Gasteiger partial charge in [0, 0.05) is 0 Å². The van der Waals surface area contributed by atoms with Crippen molar-refractivity contribution >= 4 is 0 Å². The van der Waals surface area contributed by atoms with Gasteiger partial charge in [-0.3, -0.25) is 0 Å². The van der Waals surface area contributed by atoms with E-state index in [4.69, 9.17) is 0 Å². The van der Waals surface area contributed by atoms with E-state index in [1.807, 2.05) is 6.08 Å². The Balaban J connectivity index is 2.20. The van der Waals surface area contributed by atoms with Gasteiger partial charge < -0.3 is 0 Å². The monoisotopic (exact) mass is 214 g/mol. The van der Waals surface area contributed by atoms with E-state index in [0.29, 0.717) is 0 Å². The third kappa shape index (κ3) is 2.75. The third-order valence-corrected chi connectivity index (χ3v) is 3.44. The van der Waals surface area contributed by atoms with Crippen molar-refractivity contribution in [3.8, 4) is 0 Å². The van der Waals surface area contributed by atoms with E-state index >= 15 is 0 Å². The van der Waals surface area contributed by atoms with Crippen LogP contribution in [0.4, 0.5) is 0 Å². The van der Waals surface area contributed by atoms with Gasteiger partial charge in [0.2, 0.25) is 0 Å². The van der Waals surface area contributed by atoms with Crippen molar-refractivity contribution in [1.29, 1.82) is 0 Å². The molecule has 2 aliphatic carbocycles. The van der Waals surface area contributed by atoms with Gasteiger partial charge >= 0.3 is 0 Å². The van der Waals surface area contributed by atoms with Crippen LogP contribution in [-0.4, -0.2) is 0 Å². The molecule has 0 nitrogen and oxygen atoms in total. The van der Waals surface area contributed by atoms with Crippen LogP contribution < -0.4 is 0 Å². The van der Waals surface area contributed by atoms with Gasteiger partial charge in [-0.1, -0.05) is 43.7 Å². The maximum Gasteiger partial charge on any atom is -0.00916 e. The lowest BCUT2D eigenvalue weighted by molar-refractivity contribution is 0.898. The second-order valence-electron chi connectivity index (χ2n) is 5.00. The molecule has 1 saturated carbocycles.